The van der Waals surface area contributed by atoms with E-state index in [2.05, 4.69) is 31.1 Å². The maximum atomic E-state index is 6.27. The van der Waals surface area contributed by atoms with Gasteiger partial charge in [0.05, 0.1) is 0 Å². The van der Waals surface area contributed by atoms with E-state index in [9.17, 15) is 0 Å². The van der Waals surface area contributed by atoms with Crippen molar-refractivity contribution in [2.24, 2.45) is 0 Å². The first-order chi connectivity index (χ1) is 8.58. The number of benzene rings is 2. The molecule has 0 saturated heterocycles. The van der Waals surface area contributed by atoms with E-state index in [0.717, 1.165) is 17.7 Å². The lowest BCUT2D eigenvalue weighted by molar-refractivity contribution is 0.403. The van der Waals surface area contributed by atoms with Crippen LogP contribution in [-0.2, 0) is 6.54 Å². The Labute approximate surface area is 130 Å². The van der Waals surface area contributed by atoms with Crippen LogP contribution in [0.1, 0.15) is 5.56 Å². The first-order valence-electron chi connectivity index (χ1n) is 5.76. The average molecular weight is 317 g/mol. The van der Waals surface area contributed by atoms with Gasteiger partial charge in [0.1, 0.15) is 0 Å². The van der Waals surface area contributed by atoms with Crippen molar-refractivity contribution in [1.29, 1.82) is 0 Å². The van der Waals surface area contributed by atoms with E-state index in [4.69, 9.17) is 23.2 Å². The molecule has 0 saturated carbocycles. The molecular weight excluding hydrogens is 301 g/mol. The summed E-state index contributed by atoms with van der Waals surface area (Å²) >= 11 is 12.2. The van der Waals surface area contributed by atoms with Crippen LogP contribution in [-0.4, -0.2) is 19.0 Å². The maximum absolute atomic E-state index is 6.27. The highest BCUT2D eigenvalue weighted by atomic mass is 35.5. The lowest BCUT2D eigenvalue weighted by atomic mass is 9.99. The van der Waals surface area contributed by atoms with E-state index in [1.165, 1.54) is 5.56 Å². The van der Waals surface area contributed by atoms with Crippen molar-refractivity contribution >= 4 is 35.6 Å². The van der Waals surface area contributed by atoms with Gasteiger partial charge in [0.25, 0.3) is 0 Å². The topological polar surface area (TPSA) is 3.24 Å². The Morgan fingerprint density at radius 3 is 2.26 bits per heavy atom. The summed E-state index contributed by atoms with van der Waals surface area (Å²) in [5, 5.41) is 1.35. The van der Waals surface area contributed by atoms with Gasteiger partial charge in [-0.25, -0.2) is 0 Å². The monoisotopic (exact) mass is 315 g/mol. The summed E-state index contributed by atoms with van der Waals surface area (Å²) in [4.78, 5) is 2.14. The van der Waals surface area contributed by atoms with Crippen molar-refractivity contribution in [3.63, 3.8) is 0 Å². The van der Waals surface area contributed by atoms with Crippen LogP contribution in [0.15, 0.2) is 42.5 Å². The molecule has 1 nitrogen and oxygen atoms in total. The van der Waals surface area contributed by atoms with Crippen molar-refractivity contribution in [1.82, 2.24) is 4.90 Å². The fourth-order valence-electron chi connectivity index (χ4n) is 1.97. The molecule has 0 unspecified atom stereocenters. The predicted octanol–water partition coefficient (Wildman–Crippen LogP) is 5.14. The molecule has 2 aromatic rings. The van der Waals surface area contributed by atoms with Crippen LogP contribution in [0.3, 0.4) is 0 Å². The zero-order valence-electron chi connectivity index (χ0n) is 10.9. The highest BCUT2D eigenvalue weighted by Crippen LogP contribution is 2.32. The Morgan fingerprint density at radius 1 is 0.947 bits per heavy atom. The fraction of sp³-hybridized carbons (Fsp3) is 0.200. The molecule has 0 spiro atoms. The van der Waals surface area contributed by atoms with Crippen molar-refractivity contribution in [2.45, 2.75) is 6.54 Å². The van der Waals surface area contributed by atoms with Crippen molar-refractivity contribution < 1.29 is 0 Å². The Morgan fingerprint density at radius 2 is 1.63 bits per heavy atom. The zero-order chi connectivity index (χ0) is 13.1. The quantitative estimate of drug-likeness (QED) is 0.757. The number of nitrogens with zero attached hydrogens (tertiary/aromatic N) is 1. The second-order valence-electron chi connectivity index (χ2n) is 4.52. The van der Waals surface area contributed by atoms with Gasteiger partial charge in [0, 0.05) is 22.2 Å². The van der Waals surface area contributed by atoms with E-state index >= 15 is 0 Å². The third-order valence-electron chi connectivity index (χ3n) is 2.73. The SMILES string of the molecule is CN(C)Cc1ccccc1-c1ccc(Cl)cc1Cl.Cl. The summed E-state index contributed by atoms with van der Waals surface area (Å²) in [5.41, 5.74) is 3.44. The molecule has 0 bridgehead atoms. The van der Waals surface area contributed by atoms with Gasteiger partial charge in [0.2, 0.25) is 0 Å². The molecule has 19 heavy (non-hydrogen) atoms. The lowest BCUT2D eigenvalue weighted by Crippen LogP contribution is -2.11. The average Bonchev–Trinajstić information content (AvgIpc) is 2.30. The summed E-state index contributed by atoms with van der Waals surface area (Å²) in [6.07, 6.45) is 0. The third kappa shape index (κ3) is 4.12. The smallest absolute Gasteiger partial charge is 0.0499 e. The molecule has 0 heterocycles. The molecule has 4 heteroatoms. The van der Waals surface area contributed by atoms with Gasteiger partial charge in [-0.1, -0.05) is 53.5 Å². The highest BCUT2D eigenvalue weighted by molar-refractivity contribution is 6.36. The fourth-order valence-corrected chi connectivity index (χ4v) is 2.48. The van der Waals surface area contributed by atoms with Crippen LogP contribution < -0.4 is 0 Å². The van der Waals surface area contributed by atoms with Gasteiger partial charge < -0.3 is 4.90 Å². The van der Waals surface area contributed by atoms with Crippen LogP contribution in [0.25, 0.3) is 11.1 Å². The molecule has 2 rings (SSSR count). The molecule has 2 aromatic carbocycles. The normalized spacial score (nSPS) is 10.4. The number of rotatable bonds is 3. The first kappa shape index (κ1) is 16.3. The minimum Gasteiger partial charge on any atom is -0.305 e. The molecule has 102 valence electrons. The summed E-state index contributed by atoms with van der Waals surface area (Å²) in [5.74, 6) is 0. The second-order valence-corrected chi connectivity index (χ2v) is 5.36. The molecule has 0 amide bonds. The van der Waals surface area contributed by atoms with Gasteiger partial charge in [-0.05, 0) is 37.4 Å². The van der Waals surface area contributed by atoms with Crippen molar-refractivity contribution in [3.8, 4) is 11.1 Å². The predicted molar refractivity (Wildman–Crippen MR) is 86.5 cm³/mol. The minimum absolute atomic E-state index is 0. The summed E-state index contributed by atoms with van der Waals surface area (Å²) in [7, 11) is 4.11. The Balaban J connectivity index is 0.00000180. The van der Waals surface area contributed by atoms with Crippen LogP contribution >= 0.6 is 35.6 Å². The van der Waals surface area contributed by atoms with Crippen LogP contribution in [0, 0.1) is 0 Å². The largest absolute Gasteiger partial charge is 0.305 e. The second kappa shape index (κ2) is 7.16. The van der Waals surface area contributed by atoms with Crippen LogP contribution in [0.5, 0.6) is 0 Å². The maximum Gasteiger partial charge on any atom is 0.0499 e. The third-order valence-corrected chi connectivity index (χ3v) is 3.27. The number of halogens is 3. The molecule has 0 radical (unpaired) electrons. The highest BCUT2D eigenvalue weighted by Gasteiger charge is 2.09. The van der Waals surface area contributed by atoms with Gasteiger partial charge in [-0.3, -0.25) is 0 Å². The van der Waals surface area contributed by atoms with E-state index in [1.54, 1.807) is 6.07 Å². The molecule has 0 N–H and O–H groups in total. The minimum atomic E-state index is 0. The van der Waals surface area contributed by atoms with Gasteiger partial charge in [-0.2, -0.15) is 0 Å². The summed E-state index contributed by atoms with van der Waals surface area (Å²) in [6, 6.07) is 13.9. The Kier molecular flexibility index (Phi) is 6.15. The lowest BCUT2D eigenvalue weighted by Gasteiger charge is -2.15. The van der Waals surface area contributed by atoms with Crippen LogP contribution in [0.4, 0.5) is 0 Å². The molecule has 0 atom stereocenters. The molecular formula is C15H16Cl3N. The number of hydrogen-bond acceptors (Lipinski definition) is 1. The van der Waals surface area contributed by atoms with Gasteiger partial charge in [-0.15, -0.1) is 12.4 Å². The molecule has 0 aliphatic heterocycles. The summed E-state index contributed by atoms with van der Waals surface area (Å²) < 4.78 is 0. The molecule has 0 aromatic heterocycles. The van der Waals surface area contributed by atoms with E-state index < -0.39 is 0 Å². The van der Waals surface area contributed by atoms with Gasteiger partial charge >= 0.3 is 0 Å². The van der Waals surface area contributed by atoms with Crippen molar-refractivity contribution in [2.75, 3.05) is 14.1 Å². The molecule has 0 aliphatic carbocycles. The van der Waals surface area contributed by atoms with E-state index in [0.29, 0.717) is 10.0 Å². The molecule has 0 fully saturated rings. The zero-order valence-corrected chi connectivity index (χ0v) is 13.2. The Hall–Kier alpha value is -0.730. The number of hydrogen-bond donors (Lipinski definition) is 0. The van der Waals surface area contributed by atoms with E-state index in [-0.39, 0.29) is 12.4 Å². The summed E-state index contributed by atoms with van der Waals surface area (Å²) in [6.45, 7) is 0.884. The first-order valence-corrected chi connectivity index (χ1v) is 6.51. The van der Waals surface area contributed by atoms with Crippen molar-refractivity contribution in [3.05, 3.63) is 58.1 Å². The Bertz CT molecular complexity index is 553. The van der Waals surface area contributed by atoms with E-state index in [1.807, 2.05) is 24.3 Å². The van der Waals surface area contributed by atoms with Gasteiger partial charge in [0.15, 0.2) is 0 Å². The van der Waals surface area contributed by atoms with Crippen LogP contribution in [0.2, 0.25) is 10.0 Å². The molecule has 0 aliphatic rings. The standard InChI is InChI=1S/C15H15Cl2N.ClH/c1-18(2)10-11-5-3-4-6-13(11)14-8-7-12(16)9-15(14)17;/h3-9H,10H2,1-2H3;1H.